The van der Waals surface area contributed by atoms with Gasteiger partial charge in [-0.15, -0.1) is 0 Å². The van der Waals surface area contributed by atoms with E-state index in [-0.39, 0.29) is 6.61 Å². The van der Waals surface area contributed by atoms with Crippen molar-refractivity contribution in [3.8, 4) is 0 Å². The second kappa shape index (κ2) is 4.51. The van der Waals surface area contributed by atoms with Crippen LogP contribution in [0.15, 0.2) is 24.3 Å². The van der Waals surface area contributed by atoms with E-state index in [9.17, 15) is 4.79 Å². The molecule has 0 saturated carbocycles. The molecule has 3 nitrogen and oxygen atoms in total. The SMILES string of the molecule is O=CNCc1ccccc1CO. The molecule has 1 rings (SSSR count). The van der Waals surface area contributed by atoms with E-state index < -0.39 is 0 Å². The van der Waals surface area contributed by atoms with E-state index in [0.29, 0.717) is 13.0 Å². The largest absolute Gasteiger partial charge is 0.392 e. The molecule has 12 heavy (non-hydrogen) atoms. The van der Waals surface area contributed by atoms with Gasteiger partial charge in [-0.3, -0.25) is 4.79 Å². The maximum absolute atomic E-state index is 10.0. The Balaban J connectivity index is 2.74. The summed E-state index contributed by atoms with van der Waals surface area (Å²) in [5.74, 6) is 0. The molecule has 0 bridgehead atoms. The Morgan fingerprint density at radius 1 is 1.33 bits per heavy atom. The maximum Gasteiger partial charge on any atom is 0.207 e. The molecule has 0 aliphatic carbocycles. The summed E-state index contributed by atoms with van der Waals surface area (Å²) < 4.78 is 0. The van der Waals surface area contributed by atoms with Crippen molar-refractivity contribution >= 4 is 6.41 Å². The summed E-state index contributed by atoms with van der Waals surface area (Å²) in [7, 11) is 0. The first kappa shape index (κ1) is 8.74. The smallest absolute Gasteiger partial charge is 0.207 e. The van der Waals surface area contributed by atoms with Gasteiger partial charge in [0.05, 0.1) is 6.61 Å². The summed E-state index contributed by atoms with van der Waals surface area (Å²) in [4.78, 5) is 10.0. The van der Waals surface area contributed by atoms with Crippen molar-refractivity contribution in [2.24, 2.45) is 0 Å². The number of carbonyl (C=O) groups is 1. The summed E-state index contributed by atoms with van der Waals surface area (Å²) in [6.45, 7) is 0.483. The van der Waals surface area contributed by atoms with E-state index in [2.05, 4.69) is 5.32 Å². The Kier molecular flexibility index (Phi) is 3.29. The van der Waals surface area contributed by atoms with E-state index in [1.54, 1.807) is 0 Å². The van der Waals surface area contributed by atoms with Crippen LogP contribution in [0, 0.1) is 0 Å². The van der Waals surface area contributed by atoms with Crippen LogP contribution in [0.5, 0.6) is 0 Å². The van der Waals surface area contributed by atoms with E-state index in [4.69, 9.17) is 5.11 Å². The zero-order chi connectivity index (χ0) is 8.81. The van der Waals surface area contributed by atoms with Crippen LogP contribution in [-0.4, -0.2) is 11.5 Å². The van der Waals surface area contributed by atoms with Gasteiger partial charge in [0.25, 0.3) is 0 Å². The molecule has 0 heterocycles. The fourth-order valence-electron chi connectivity index (χ4n) is 1.04. The van der Waals surface area contributed by atoms with Gasteiger partial charge >= 0.3 is 0 Å². The highest BCUT2D eigenvalue weighted by Crippen LogP contribution is 2.07. The van der Waals surface area contributed by atoms with Crippen molar-refractivity contribution in [3.05, 3.63) is 35.4 Å². The lowest BCUT2D eigenvalue weighted by molar-refractivity contribution is -0.109. The number of aliphatic hydroxyl groups is 1. The van der Waals surface area contributed by atoms with Crippen LogP contribution in [0.4, 0.5) is 0 Å². The topological polar surface area (TPSA) is 49.3 Å². The average molecular weight is 165 g/mol. The molecule has 0 aliphatic rings. The lowest BCUT2D eigenvalue weighted by Gasteiger charge is -2.04. The van der Waals surface area contributed by atoms with Gasteiger partial charge in [-0.25, -0.2) is 0 Å². The molecule has 1 aromatic rings. The minimum absolute atomic E-state index is 0.0106. The zero-order valence-electron chi connectivity index (χ0n) is 6.66. The van der Waals surface area contributed by atoms with E-state index in [0.717, 1.165) is 11.1 Å². The first-order valence-corrected chi connectivity index (χ1v) is 3.73. The normalized spacial score (nSPS) is 9.42. The fourth-order valence-corrected chi connectivity index (χ4v) is 1.04. The molecule has 0 atom stereocenters. The summed E-state index contributed by atoms with van der Waals surface area (Å²) in [5.41, 5.74) is 1.80. The van der Waals surface area contributed by atoms with Crippen LogP contribution in [0.25, 0.3) is 0 Å². The molecule has 1 amide bonds. The number of benzene rings is 1. The third-order valence-corrected chi connectivity index (χ3v) is 1.66. The Morgan fingerprint density at radius 3 is 2.58 bits per heavy atom. The molecule has 0 saturated heterocycles. The van der Waals surface area contributed by atoms with E-state index in [1.165, 1.54) is 0 Å². The Labute approximate surface area is 71.0 Å². The molecule has 0 unspecified atom stereocenters. The highest BCUT2D eigenvalue weighted by atomic mass is 16.3. The van der Waals surface area contributed by atoms with Crippen molar-refractivity contribution < 1.29 is 9.90 Å². The number of rotatable bonds is 4. The van der Waals surface area contributed by atoms with E-state index >= 15 is 0 Å². The molecule has 0 aromatic heterocycles. The molecule has 0 spiro atoms. The molecule has 64 valence electrons. The van der Waals surface area contributed by atoms with Crippen LogP contribution >= 0.6 is 0 Å². The van der Waals surface area contributed by atoms with Crippen LogP contribution in [0.3, 0.4) is 0 Å². The summed E-state index contributed by atoms with van der Waals surface area (Å²) >= 11 is 0. The van der Waals surface area contributed by atoms with Crippen LogP contribution < -0.4 is 5.32 Å². The maximum atomic E-state index is 10.0. The molecule has 0 aliphatic heterocycles. The van der Waals surface area contributed by atoms with Gasteiger partial charge in [-0.05, 0) is 11.1 Å². The molecule has 0 fully saturated rings. The van der Waals surface area contributed by atoms with Crippen molar-refractivity contribution in [2.45, 2.75) is 13.2 Å². The summed E-state index contributed by atoms with van der Waals surface area (Å²) in [5, 5.41) is 11.4. The standard InChI is InChI=1S/C9H11NO2/c11-6-9-4-2-1-3-8(9)5-10-7-12/h1-4,7,11H,5-6H2,(H,10,12). The first-order valence-electron chi connectivity index (χ1n) is 3.73. The highest BCUT2D eigenvalue weighted by molar-refractivity contribution is 5.46. The van der Waals surface area contributed by atoms with Crippen molar-refractivity contribution in [2.75, 3.05) is 0 Å². The molecule has 0 radical (unpaired) electrons. The first-order chi connectivity index (χ1) is 5.88. The third kappa shape index (κ3) is 2.07. The van der Waals surface area contributed by atoms with E-state index in [1.807, 2.05) is 24.3 Å². The van der Waals surface area contributed by atoms with Gasteiger partial charge in [0.15, 0.2) is 0 Å². The van der Waals surface area contributed by atoms with Crippen LogP contribution in [-0.2, 0) is 17.9 Å². The predicted molar refractivity (Wildman–Crippen MR) is 45.3 cm³/mol. The molecule has 2 N–H and O–H groups in total. The van der Waals surface area contributed by atoms with Gasteiger partial charge in [0, 0.05) is 6.54 Å². The number of aliphatic hydroxyl groups excluding tert-OH is 1. The predicted octanol–water partition coefficient (Wildman–Crippen LogP) is 0.425. The zero-order valence-corrected chi connectivity index (χ0v) is 6.66. The Hall–Kier alpha value is -1.35. The van der Waals surface area contributed by atoms with Gasteiger partial charge in [-0.1, -0.05) is 24.3 Å². The van der Waals surface area contributed by atoms with Gasteiger partial charge in [0.2, 0.25) is 6.41 Å². The van der Waals surface area contributed by atoms with Crippen molar-refractivity contribution in [1.82, 2.24) is 5.32 Å². The monoisotopic (exact) mass is 165 g/mol. The van der Waals surface area contributed by atoms with Gasteiger partial charge in [0.1, 0.15) is 0 Å². The summed E-state index contributed by atoms with van der Waals surface area (Å²) in [6.07, 6.45) is 0.647. The fraction of sp³-hybridized carbons (Fsp3) is 0.222. The number of carbonyl (C=O) groups excluding carboxylic acids is 1. The molecular formula is C9H11NO2. The minimum Gasteiger partial charge on any atom is -0.392 e. The third-order valence-electron chi connectivity index (χ3n) is 1.66. The Morgan fingerprint density at radius 2 is 2.00 bits per heavy atom. The van der Waals surface area contributed by atoms with Crippen molar-refractivity contribution in [3.63, 3.8) is 0 Å². The number of hydrogen-bond acceptors (Lipinski definition) is 2. The number of amides is 1. The average Bonchev–Trinajstić information content (AvgIpc) is 2.15. The Bertz CT molecular complexity index is 260. The second-order valence-corrected chi connectivity index (χ2v) is 2.43. The highest BCUT2D eigenvalue weighted by Gasteiger charge is 1.97. The minimum atomic E-state index is 0.0106. The molecule has 1 aromatic carbocycles. The summed E-state index contributed by atoms with van der Waals surface area (Å²) in [6, 6.07) is 7.45. The lowest BCUT2D eigenvalue weighted by Crippen LogP contribution is -2.11. The molecular weight excluding hydrogens is 154 g/mol. The molecule has 3 heteroatoms. The van der Waals surface area contributed by atoms with Gasteiger partial charge in [-0.2, -0.15) is 0 Å². The van der Waals surface area contributed by atoms with Crippen LogP contribution in [0.2, 0.25) is 0 Å². The number of nitrogens with one attached hydrogen (secondary N) is 1. The van der Waals surface area contributed by atoms with Gasteiger partial charge < -0.3 is 10.4 Å². The second-order valence-electron chi connectivity index (χ2n) is 2.43. The quantitative estimate of drug-likeness (QED) is 0.635. The van der Waals surface area contributed by atoms with Crippen molar-refractivity contribution in [1.29, 1.82) is 0 Å². The van der Waals surface area contributed by atoms with Crippen LogP contribution in [0.1, 0.15) is 11.1 Å². The number of hydrogen-bond donors (Lipinski definition) is 2. The lowest BCUT2D eigenvalue weighted by atomic mass is 10.1.